The van der Waals surface area contributed by atoms with Crippen LogP contribution in [0.2, 0.25) is 0 Å². The Balaban J connectivity index is 2.12. The zero-order valence-electron chi connectivity index (χ0n) is 16.4. The van der Waals surface area contributed by atoms with E-state index < -0.39 is 18.2 Å². The summed E-state index contributed by atoms with van der Waals surface area (Å²) in [7, 11) is 0. The van der Waals surface area contributed by atoms with Gasteiger partial charge in [0.05, 0.1) is 23.9 Å². The smallest absolute Gasteiger partial charge is 0.435 e. The van der Waals surface area contributed by atoms with Crippen LogP contribution in [-0.2, 0) is 9.47 Å². The Labute approximate surface area is 168 Å². The van der Waals surface area contributed by atoms with Gasteiger partial charge >= 0.3 is 6.16 Å². The molecule has 2 aromatic rings. The van der Waals surface area contributed by atoms with Crippen LogP contribution in [0.5, 0.6) is 0 Å². The number of ether oxygens (including phenoxy) is 2. The number of carbonyl (C=O) groups is 1. The highest BCUT2D eigenvalue weighted by Crippen LogP contribution is 2.33. The Morgan fingerprint density at radius 3 is 2.14 bits per heavy atom. The Morgan fingerprint density at radius 1 is 1.00 bits per heavy atom. The van der Waals surface area contributed by atoms with Gasteiger partial charge in [0.25, 0.3) is 0 Å². The molecule has 0 aromatic heterocycles. The number of hydrogen-bond donors (Lipinski definition) is 0. The predicted octanol–water partition coefficient (Wildman–Crippen LogP) is 5.11. The third-order valence-electron chi connectivity index (χ3n) is 4.61. The van der Waals surface area contributed by atoms with Gasteiger partial charge in [-0.3, -0.25) is 0 Å². The number of rotatable bonds is 5. The molecule has 0 amide bonds. The van der Waals surface area contributed by atoms with E-state index in [1.807, 2.05) is 13.8 Å². The zero-order chi connectivity index (χ0) is 21.0. The molecule has 29 heavy (non-hydrogen) atoms. The normalized spacial score (nSPS) is 18.8. The molecule has 2 atom stereocenters. The third-order valence-corrected chi connectivity index (χ3v) is 4.61. The van der Waals surface area contributed by atoms with Gasteiger partial charge in [-0.2, -0.15) is 10.2 Å². The van der Waals surface area contributed by atoms with Crippen LogP contribution in [0, 0.1) is 17.6 Å². The van der Waals surface area contributed by atoms with Crippen LogP contribution in [-0.4, -0.2) is 30.3 Å². The average Bonchev–Trinajstić information content (AvgIpc) is 2.69. The van der Waals surface area contributed by atoms with E-state index in [2.05, 4.69) is 10.2 Å². The molecule has 2 unspecified atom stereocenters. The highest BCUT2D eigenvalue weighted by Gasteiger charge is 2.39. The Kier molecular flexibility index (Phi) is 6.36. The molecule has 152 valence electrons. The minimum Gasteiger partial charge on any atom is -0.435 e. The van der Waals surface area contributed by atoms with Crippen LogP contribution < -0.4 is 0 Å². The van der Waals surface area contributed by atoms with E-state index in [9.17, 15) is 13.6 Å². The molecule has 1 aliphatic heterocycles. The van der Waals surface area contributed by atoms with Crippen molar-refractivity contribution in [1.29, 1.82) is 0 Å². The van der Waals surface area contributed by atoms with Gasteiger partial charge in [0.15, 0.2) is 6.10 Å². The molecular weight excluding hydrogens is 378 g/mol. The summed E-state index contributed by atoms with van der Waals surface area (Å²) in [5, 5.41) is 8.67. The lowest BCUT2D eigenvalue weighted by molar-refractivity contribution is 0.0420. The minimum absolute atomic E-state index is 0.0594. The van der Waals surface area contributed by atoms with E-state index in [1.165, 1.54) is 24.3 Å². The first-order chi connectivity index (χ1) is 13.9. The number of nitrogens with zero attached hydrogens (tertiary/aromatic N) is 2. The summed E-state index contributed by atoms with van der Waals surface area (Å²) in [5.74, 6) is -1.38. The summed E-state index contributed by atoms with van der Waals surface area (Å²) in [6.45, 7) is 5.68. The van der Waals surface area contributed by atoms with Gasteiger partial charge < -0.3 is 9.47 Å². The first-order valence-corrected chi connectivity index (χ1v) is 9.40. The Morgan fingerprint density at radius 2 is 1.59 bits per heavy atom. The van der Waals surface area contributed by atoms with Crippen molar-refractivity contribution in [3.05, 3.63) is 71.3 Å². The first-order valence-electron chi connectivity index (χ1n) is 9.40. The molecule has 0 saturated heterocycles. The van der Waals surface area contributed by atoms with E-state index in [0.29, 0.717) is 22.6 Å². The van der Waals surface area contributed by atoms with Gasteiger partial charge in [-0.15, -0.1) is 0 Å². The monoisotopic (exact) mass is 400 g/mol. The van der Waals surface area contributed by atoms with Crippen LogP contribution in [0.15, 0.2) is 58.7 Å². The molecule has 7 heteroatoms. The van der Waals surface area contributed by atoms with Crippen molar-refractivity contribution < 1.29 is 23.0 Å². The minimum atomic E-state index is -0.821. The largest absolute Gasteiger partial charge is 0.508 e. The summed E-state index contributed by atoms with van der Waals surface area (Å²) >= 11 is 0. The van der Waals surface area contributed by atoms with Crippen LogP contribution in [0.1, 0.15) is 37.8 Å². The molecule has 0 N–H and O–H groups in total. The fourth-order valence-corrected chi connectivity index (χ4v) is 3.23. The van der Waals surface area contributed by atoms with Crippen molar-refractivity contribution in [3.8, 4) is 0 Å². The Bertz CT molecular complexity index is 922. The van der Waals surface area contributed by atoms with E-state index in [1.54, 1.807) is 31.2 Å². The van der Waals surface area contributed by atoms with Crippen LogP contribution in [0.25, 0.3) is 0 Å². The van der Waals surface area contributed by atoms with E-state index >= 15 is 0 Å². The lowest BCUT2D eigenvalue weighted by atomic mass is 9.80. The Hall–Kier alpha value is -3.09. The molecule has 3 rings (SSSR count). The average molecular weight is 400 g/mol. The maximum Gasteiger partial charge on any atom is 0.508 e. The standard InChI is InChI=1S/C22H22F2N2O3/c1-4-28-22(27)29-21-18(14-5-9-16(23)10-6-14)20(26-25-19(21)13(2)3)15-7-11-17(24)12-8-15/h5-13,18,21H,4H2,1-3H3. The quantitative estimate of drug-likeness (QED) is 0.656. The number of carbonyl (C=O) groups excluding carboxylic acids is 1. The van der Waals surface area contributed by atoms with Crippen molar-refractivity contribution in [1.82, 2.24) is 0 Å². The van der Waals surface area contributed by atoms with E-state index in [-0.39, 0.29) is 24.2 Å². The molecule has 0 spiro atoms. The molecule has 0 bridgehead atoms. The van der Waals surface area contributed by atoms with Crippen molar-refractivity contribution in [3.63, 3.8) is 0 Å². The van der Waals surface area contributed by atoms with E-state index in [0.717, 1.165) is 0 Å². The fraction of sp³-hybridized carbons (Fsp3) is 0.318. The van der Waals surface area contributed by atoms with Crippen LogP contribution in [0.3, 0.4) is 0 Å². The number of benzene rings is 2. The predicted molar refractivity (Wildman–Crippen MR) is 106 cm³/mol. The van der Waals surface area contributed by atoms with Gasteiger partial charge in [-0.05, 0) is 48.2 Å². The topological polar surface area (TPSA) is 60.2 Å². The highest BCUT2D eigenvalue weighted by atomic mass is 19.1. The summed E-state index contributed by atoms with van der Waals surface area (Å²) < 4.78 is 37.6. The number of halogens is 2. The molecule has 1 aliphatic rings. The van der Waals surface area contributed by atoms with Gasteiger partial charge in [0.1, 0.15) is 11.6 Å². The second kappa shape index (κ2) is 8.94. The van der Waals surface area contributed by atoms with Gasteiger partial charge in [0, 0.05) is 0 Å². The third kappa shape index (κ3) is 4.67. The molecule has 0 saturated carbocycles. The SMILES string of the molecule is CCOC(=O)OC1C(C(C)C)=NN=C(c2ccc(F)cc2)C1c1ccc(F)cc1. The van der Waals surface area contributed by atoms with E-state index in [4.69, 9.17) is 9.47 Å². The summed E-state index contributed by atoms with van der Waals surface area (Å²) in [5.41, 5.74) is 2.38. The summed E-state index contributed by atoms with van der Waals surface area (Å²) in [6.07, 6.45) is -1.62. The molecule has 0 fully saturated rings. The molecule has 0 radical (unpaired) electrons. The maximum absolute atomic E-state index is 13.5. The second-order valence-electron chi connectivity index (χ2n) is 6.92. The van der Waals surface area contributed by atoms with Gasteiger partial charge in [0.2, 0.25) is 0 Å². The molecule has 2 aromatic carbocycles. The van der Waals surface area contributed by atoms with Crippen LogP contribution >= 0.6 is 0 Å². The number of hydrogen-bond acceptors (Lipinski definition) is 5. The summed E-state index contributed by atoms with van der Waals surface area (Å²) in [6, 6.07) is 11.7. The highest BCUT2D eigenvalue weighted by molar-refractivity contribution is 6.11. The molecular formula is C22H22F2N2O3. The fourth-order valence-electron chi connectivity index (χ4n) is 3.23. The van der Waals surface area contributed by atoms with Gasteiger partial charge in [-0.1, -0.05) is 38.1 Å². The lowest BCUT2D eigenvalue weighted by Gasteiger charge is -2.32. The molecule has 1 heterocycles. The maximum atomic E-state index is 13.5. The van der Waals surface area contributed by atoms with Crippen molar-refractivity contribution in [2.24, 2.45) is 16.1 Å². The summed E-state index contributed by atoms with van der Waals surface area (Å²) in [4.78, 5) is 12.1. The van der Waals surface area contributed by atoms with Crippen LogP contribution in [0.4, 0.5) is 13.6 Å². The zero-order valence-corrected chi connectivity index (χ0v) is 16.4. The van der Waals surface area contributed by atoms with Crippen molar-refractivity contribution in [2.75, 3.05) is 6.61 Å². The van der Waals surface area contributed by atoms with Crippen molar-refractivity contribution >= 4 is 17.6 Å². The molecule has 0 aliphatic carbocycles. The van der Waals surface area contributed by atoms with Gasteiger partial charge in [-0.25, -0.2) is 13.6 Å². The van der Waals surface area contributed by atoms with Crippen molar-refractivity contribution in [2.45, 2.75) is 32.8 Å². The second-order valence-corrected chi connectivity index (χ2v) is 6.92. The molecule has 5 nitrogen and oxygen atoms in total. The lowest BCUT2D eigenvalue weighted by Crippen LogP contribution is -2.42. The first kappa shape index (κ1) is 20.6.